The highest BCUT2D eigenvalue weighted by molar-refractivity contribution is 7.07. The maximum Gasteiger partial charge on any atom is 0.377 e. The number of aromatic nitrogens is 2. The van der Waals surface area contributed by atoms with Gasteiger partial charge in [0.1, 0.15) is 11.4 Å². The number of nitrogens with zero attached hydrogens (tertiary/aromatic N) is 2. The molecule has 2 aromatic rings. The standard InChI is InChI=1S/C9H8N2O3S/c1-2-13-9(12)8-3-6(11-14-8)7-4-15-5-10-7/h3-5H,2H2,1H3. The molecule has 6 heteroatoms. The maximum absolute atomic E-state index is 11.3. The minimum absolute atomic E-state index is 0.0971. The van der Waals surface area contributed by atoms with Gasteiger partial charge in [0.2, 0.25) is 5.76 Å². The summed E-state index contributed by atoms with van der Waals surface area (Å²) in [6, 6.07) is 1.52. The van der Waals surface area contributed by atoms with Crippen molar-refractivity contribution in [2.75, 3.05) is 6.61 Å². The number of ether oxygens (including phenoxy) is 1. The summed E-state index contributed by atoms with van der Waals surface area (Å²) in [6.45, 7) is 2.04. The van der Waals surface area contributed by atoms with Crippen LogP contribution in [0.25, 0.3) is 11.4 Å². The van der Waals surface area contributed by atoms with Gasteiger partial charge in [0.25, 0.3) is 0 Å². The molecule has 0 saturated heterocycles. The molecule has 0 aliphatic carbocycles. The fourth-order valence-corrected chi connectivity index (χ4v) is 1.58. The van der Waals surface area contributed by atoms with Crippen molar-refractivity contribution >= 4 is 17.3 Å². The van der Waals surface area contributed by atoms with Crippen LogP contribution in [0.1, 0.15) is 17.5 Å². The number of carbonyl (C=O) groups excluding carboxylic acids is 1. The second kappa shape index (κ2) is 4.22. The van der Waals surface area contributed by atoms with E-state index in [1.165, 1.54) is 17.4 Å². The summed E-state index contributed by atoms with van der Waals surface area (Å²) in [7, 11) is 0. The van der Waals surface area contributed by atoms with Crippen molar-refractivity contribution < 1.29 is 14.1 Å². The Bertz CT molecular complexity index is 450. The zero-order chi connectivity index (χ0) is 10.7. The average Bonchev–Trinajstić information content (AvgIpc) is 2.89. The summed E-state index contributed by atoms with van der Waals surface area (Å²) in [5.41, 5.74) is 2.92. The number of esters is 1. The van der Waals surface area contributed by atoms with Crippen LogP contribution in [-0.4, -0.2) is 22.7 Å². The first-order valence-electron chi connectivity index (χ1n) is 4.33. The van der Waals surface area contributed by atoms with Crippen LogP contribution in [-0.2, 0) is 4.74 Å². The van der Waals surface area contributed by atoms with E-state index in [-0.39, 0.29) is 5.76 Å². The van der Waals surface area contributed by atoms with Crippen LogP contribution < -0.4 is 0 Å². The van der Waals surface area contributed by atoms with E-state index in [1.54, 1.807) is 12.4 Å². The van der Waals surface area contributed by atoms with Gasteiger partial charge in [0.05, 0.1) is 12.1 Å². The van der Waals surface area contributed by atoms with Crippen LogP contribution in [0.5, 0.6) is 0 Å². The van der Waals surface area contributed by atoms with E-state index in [4.69, 9.17) is 9.26 Å². The summed E-state index contributed by atoms with van der Waals surface area (Å²) >= 11 is 1.45. The Morgan fingerprint density at radius 1 is 1.60 bits per heavy atom. The molecule has 0 bridgehead atoms. The Morgan fingerprint density at radius 3 is 3.13 bits per heavy atom. The minimum atomic E-state index is -0.508. The van der Waals surface area contributed by atoms with Crippen molar-refractivity contribution in [3.63, 3.8) is 0 Å². The molecule has 0 unspecified atom stereocenters. The molecule has 2 heterocycles. The van der Waals surface area contributed by atoms with E-state index in [0.717, 1.165) is 0 Å². The van der Waals surface area contributed by atoms with Crippen molar-refractivity contribution in [3.05, 3.63) is 22.7 Å². The lowest BCUT2D eigenvalue weighted by atomic mass is 10.3. The number of rotatable bonds is 3. The molecule has 0 fully saturated rings. The van der Waals surface area contributed by atoms with E-state index < -0.39 is 5.97 Å². The highest BCUT2D eigenvalue weighted by Gasteiger charge is 2.15. The predicted molar refractivity (Wildman–Crippen MR) is 53.6 cm³/mol. The molecule has 0 N–H and O–H groups in total. The van der Waals surface area contributed by atoms with Gasteiger partial charge in [0.15, 0.2) is 0 Å². The van der Waals surface area contributed by atoms with Gasteiger partial charge in [-0.25, -0.2) is 9.78 Å². The van der Waals surface area contributed by atoms with Crippen LogP contribution in [0.15, 0.2) is 21.5 Å². The van der Waals surface area contributed by atoms with E-state index >= 15 is 0 Å². The third-order valence-corrected chi connectivity index (χ3v) is 2.27. The van der Waals surface area contributed by atoms with E-state index in [0.29, 0.717) is 18.0 Å². The Kier molecular flexibility index (Phi) is 2.77. The average molecular weight is 224 g/mol. The molecule has 0 aromatic carbocycles. The Hall–Kier alpha value is -1.69. The Labute approximate surface area is 89.7 Å². The lowest BCUT2D eigenvalue weighted by Crippen LogP contribution is -2.02. The van der Waals surface area contributed by atoms with Crippen molar-refractivity contribution in [2.24, 2.45) is 0 Å². The number of hydrogen-bond donors (Lipinski definition) is 0. The highest BCUT2D eigenvalue weighted by atomic mass is 32.1. The summed E-state index contributed by atoms with van der Waals surface area (Å²) in [6.07, 6.45) is 0. The fourth-order valence-electron chi connectivity index (χ4n) is 1.03. The molecule has 5 nitrogen and oxygen atoms in total. The van der Waals surface area contributed by atoms with Crippen LogP contribution in [0.2, 0.25) is 0 Å². The highest BCUT2D eigenvalue weighted by Crippen LogP contribution is 2.18. The first-order chi connectivity index (χ1) is 7.31. The summed E-state index contributed by atoms with van der Waals surface area (Å²) < 4.78 is 9.61. The topological polar surface area (TPSA) is 65.2 Å². The molecule has 0 amide bonds. The monoisotopic (exact) mass is 224 g/mol. The molecule has 0 atom stereocenters. The summed E-state index contributed by atoms with van der Waals surface area (Å²) in [5, 5.41) is 5.56. The third kappa shape index (κ3) is 2.04. The molecular formula is C9H8N2O3S. The molecule has 78 valence electrons. The van der Waals surface area contributed by atoms with Crippen LogP contribution in [0, 0.1) is 0 Å². The molecule has 0 saturated carbocycles. The summed E-state index contributed by atoms with van der Waals surface area (Å²) in [5.74, 6) is -0.411. The van der Waals surface area contributed by atoms with Crippen molar-refractivity contribution in [1.29, 1.82) is 0 Å². The van der Waals surface area contributed by atoms with Crippen molar-refractivity contribution in [1.82, 2.24) is 10.1 Å². The Morgan fingerprint density at radius 2 is 2.47 bits per heavy atom. The van der Waals surface area contributed by atoms with Gasteiger partial charge in [-0.1, -0.05) is 5.16 Å². The van der Waals surface area contributed by atoms with E-state index in [2.05, 4.69) is 10.1 Å². The summed E-state index contributed by atoms with van der Waals surface area (Å²) in [4.78, 5) is 15.3. The Balaban J connectivity index is 2.21. The SMILES string of the molecule is CCOC(=O)c1cc(-c2cscn2)no1. The minimum Gasteiger partial charge on any atom is -0.460 e. The van der Waals surface area contributed by atoms with Crippen molar-refractivity contribution in [2.45, 2.75) is 6.92 Å². The van der Waals surface area contributed by atoms with Crippen molar-refractivity contribution in [3.8, 4) is 11.4 Å². The largest absolute Gasteiger partial charge is 0.460 e. The zero-order valence-corrected chi connectivity index (χ0v) is 8.78. The van der Waals surface area contributed by atoms with E-state index in [9.17, 15) is 4.79 Å². The first kappa shape index (κ1) is 9.85. The van der Waals surface area contributed by atoms with Crippen LogP contribution in [0.4, 0.5) is 0 Å². The second-order valence-electron chi connectivity index (χ2n) is 2.67. The van der Waals surface area contributed by atoms with Gasteiger partial charge in [-0.3, -0.25) is 0 Å². The maximum atomic E-state index is 11.3. The van der Waals surface area contributed by atoms with Gasteiger partial charge in [-0.15, -0.1) is 11.3 Å². The molecule has 0 aliphatic rings. The van der Waals surface area contributed by atoms with E-state index in [1.807, 2.05) is 5.38 Å². The molecule has 2 rings (SSSR count). The van der Waals surface area contributed by atoms with Gasteiger partial charge in [0, 0.05) is 11.4 Å². The third-order valence-electron chi connectivity index (χ3n) is 1.68. The number of thiazole rings is 1. The van der Waals surface area contributed by atoms with Gasteiger partial charge in [-0.2, -0.15) is 0 Å². The van der Waals surface area contributed by atoms with Gasteiger partial charge in [-0.05, 0) is 6.92 Å². The molecule has 15 heavy (non-hydrogen) atoms. The lowest BCUT2D eigenvalue weighted by molar-refractivity contribution is 0.0480. The second-order valence-corrected chi connectivity index (χ2v) is 3.39. The quantitative estimate of drug-likeness (QED) is 0.746. The van der Waals surface area contributed by atoms with Gasteiger partial charge >= 0.3 is 5.97 Å². The normalized spacial score (nSPS) is 10.2. The molecular weight excluding hydrogens is 216 g/mol. The fraction of sp³-hybridized carbons (Fsp3) is 0.222. The molecule has 2 aromatic heterocycles. The molecule has 0 aliphatic heterocycles. The first-order valence-corrected chi connectivity index (χ1v) is 5.28. The van der Waals surface area contributed by atoms with Crippen LogP contribution >= 0.6 is 11.3 Å². The predicted octanol–water partition coefficient (Wildman–Crippen LogP) is 1.97. The van der Waals surface area contributed by atoms with Gasteiger partial charge < -0.3 is 9.26 Å². The molecule has 0 spiro atoms. The number of hydrogen-bond acceptors (Lipinski definition) is 6. The zero-order valence-electron chi connectivity index (χ0n) is 7.97. The lowest BCUT2D eigenvalue weighted by Gasteiger charge is -1.94. The smallest absolute Gasteiger partial charge is 0.377 e. The molecule has 0 radical (unpaired) electrons. The van der Waals surface area contributed by atoms with Crippen LogP contribution in [0.3, 0.4) is 0 Å². The number of carbonyl (C=O) groups is 1.